The standard InChI is InChI=1S/C11H15F2NO.ClH/c1-6(2)11(15)10(14)7-3-4-8(12)9(13)5-7;/h3-6,10-11,15H,14H2,1-2H3;1H/t10-,11+;/m0./s1. The Hall–Kier alpha value is -0.710. The number of aliphatic hydroxyl groups excluding tert-OH is 1. The van der Waals surface area contributed by atoms with Crippen LogP contribution >= 0.6 is 12.4 Å². The molecule has 3 N–H and O–H groups in total. The van der Waals surface area contributed by atoms with Gasteiger partial charge in [0.15, 0.2) is 11.6 Å². The summed E-state index contributed by atoms with van der Waals surface area (Å²) in [6, 6.07) is 2.72. The number of hydrogen-bond donors (Lipinski definition) is 2. The number of benzene rings is 1. The molecule has 1 aromatic carbocycles. The van der Waals surface area contributed by atoms with E-state index in [1.165, 1.54) is 6.07 Å². The Morgan fingerprint density at radius 2 is 1.75 bits per heavy atom. The summed E-state index contributed by atoms with van der Waals surface area (Å²) < 4.78 is 25.5. The van der Waals surface area contributed by atoms with Gasteiger partial charge in [0, 0.05) is 0 Å². The lowest BCUT2D eigenvalue weighted by Gasteiger charge is -2.22. The van der Waals surface area contributed by atoms with Gasteiger partial charge >= 0.3 is 0 Å². The van der Waals surface area contributed by atoms with Crippen LogP contribution in [0, 0.1) is 17.6 Å². The van der Waals surface area contributed by atoms with Crippen molar-refractivity contribution >= 4 is 12.4 Å². The lowest BCUT2D eigenvalue weighted by Crippen LogP contribution is -2.30. The minimum Gasteiger partial charge on any atom is -0.391 e. The summed E-state index contributed by atoms with van der Waals surface area (Å²) in [5.41, 5.74) is 6.12. The topological polar surface area (TPSA) is 46.2 Å². The van der Waals surface area contributed by atoms with Gasteiger partial charge in [-0.3, -0.25) is 0 Å². The number of rotatable bonds is 3. The summed E-state index contributed by atoms with van der Waals surface area (Å²) >= 11 is 0. The van der Waals surface area contributed by atoms with E-state index >= 15 is 0 Å². The Kier molecular flexibility index (Phi) is 5.86. The van der Waals surface area contributed by atoms with Crippen molar-refractivity contribution in [1.82, 2.24) is 0 Å². The molecule has 0 aliphatic carbocycles. The summed E-state index contributed by atoms with van der Waals surface area (Å²) in [5, 5.41) is 9.67. The lowest BCUT2D eigenvalue weighted by atomic mass is 9.94. The molecule has 1 rings (SSSR count). The molecule has 0 fully saturated rings. The van der Waals surface area contributed by atoms with Crippen molar-refractivity contribution in [3.8, 4) is 0 Å². The highest BCUT2D eigenvalue weighted by Crippen LogP contribution is 2.21. The molecular weight excluding hydrogens is 236 g/mol. The minimum absolute atomic E-state index is 0. The van der Waals surface area contributed by atoms with Gasteiger partial charge in [-0.05, 0) is 23.6 Å². The number of nitrogens with two attached hydrogens (primary N) is 1. The van der Waals surface area contributed by atoms with Crippen molar-refractivity contribution in [2.24, 2.45) is 11.7 Å². The normalized spacial score (nSPS) is 14.4. The molecule has 2 atom stereocenters. The summed E-state index contributed by atoms with van der Waals surface area (Å²) in [5.74, 6) is -1.89. The van der Waals surface area contributed by atoms with Gasteiger partial charge < -0.3 is 10.8 Å². The third kappa shape index (κ3) is 3.40. The first-order valence-corrected chi connectivity index (χ1v) is 4.82. The van der Waals surface area contributed by atoms with E-state index in [0.717, 1.165) is 12.1 Å². The van der Waals surface area contributed by atoms with Crippen LogP contribution in [0.2, 0.25) is 0 Å². The fourth-order valence-corrected chi connectivity index (χ4v) is 1.33. The fraction of sp³-hybridized carbons (Fsp3) is 0.455. The Morgan fingerprint density at radius 1 is 1.19 bits per heavy atom. The second kappa shape index (κ2) is 6.13. The second-order valence-electron chi connectivity index (χ2n) is 3.93. The highest BCUT2D eigenvalue weighted by molar-refractivity contribution is 5.85. The number of hydrogen-bond acceptors (Lipinski definition) is 2. The average molecular weight is 252 g/mol. The first-order valence-electron chi connectivity index (χ1n) is 4.82. The lowest BCUT2D eigenvalue weighted by molar-refractivity contribution is 0.0978. The van der Waals surface area contributed by atoms with Crippen LogP contribution in [0.5, 0.6) is 0 Å². The third-order valence-corrected chi connectivity index (χ3v) is 2.38. The summed E-state index contributed by atoms with van der Waals surface area (Å²) in [6.45, 7) is 3.62. The average Bonchev–Trinajstić information content (AvgIpc) is 2.19. The van der Waals surface area contributed by atoms with Crippen LogP contribution in [0.1, 0.15) is 25.5 Å². The number of aliphatic hydroxyl groups is 1. The van der Waals surface area contributed by atoms with Gasteiger partial charge in [0.2, 0.25) is 0 Å². The van der Waals surface area contributed by atoms with Crippen LogP contribution in [0.15, 0.2) is 18.2 Å². The van der Waals surface area contributed by atoms with Crippen LogP contribution in [0.3, 0.4) is 0 Å². The molecular formula is C11H16ClF2NO. The molecule has 0 amide bonds. The molecule has 2 nitrogen and oxygen atoms in total. The quantitative estimate of drug-likeness (QED) is 0.867. The first kappa shape index (κ1) is 15.3. The zero-order chi connectivity index (χ0) is 11.6. The van der Waals surface area contributed by atoms with E-state index in [-0.39, 0.29) is 18.3 Å². The largest absolute Gasteiger partial charge is 0.391 e. The van der Waals surface area contributed by atoms with Crippen molar-refractivity contribution in [1.29, 1.82) is 0 Å². The van der Waals surface area contributed by atoms with Gasteiger partial charge in [0.1, 0.15) is 0 Å². The Labute approximate surface area is 99.9 Å². The molecule has 0 spiro atoms. The molecule has 16 heavy (non-hydrogen) atoms. The molecule has 0 saturated heterocycles. The van der Waals surface area contributed by atoms with E-state index in [4.69, 9.17) is 5.73 Å². The predicted octanol–water partition coefficient (Wildman–Crippen LogP) is 2.40. The van der Waals surface area contributed by atoms with Gasteiger partial charge in [-0.1, -0.05) is 19.9 Å². The molecule has 0 aromatic heterocycles. The van der Waals surface area contributed by atoms with Crippen LogP contribution in [0.4, 0.5) is 8.78 Å². The number of halogens is 3. The monoisotopic (exact) mass is 251 g/mol. The van der Waals surface area contributed by atoms with Crippen molar-refractivity contribution < 1.29 is 13.9 Å². The van der Waals surface area contributed by atoms with Crippen molar-refractivity contribution in [3.63, 3.8) is 0 Å². The minimum atomic E-state index is -0.945. The molecule has 0 bridgehead atoms. The van der Waals surface area contributed by atoms with E-state index in [9.17, 15) is 13.9 Å². The summed E-state index contributed by atoms with van der Waals surface area (Å²) in [6.07, 6.45) is -0.769. The zero-order valence-electron chi connectivity index (χ0n) is 9.15. The van der Waals surface area contributed by atoms with E-state index in [0.29, 0.717) is 5.56 Å². The summed E-state index contributed by atoms with van der Waals surface area (Å²) in [4.78, 5) is 0. The van der Waals surface area contributed by atoms with E-state index in [1.54, 1.807) is 0 Å². The molecule has 0 aliphatic heterocycles. The van der Waals surface area contributed by atoms with E-state index in [2.05, 4.69) is 0 Å². The van der Waals surface area contributed by atoms with Crippen molar-refractivity contribution in [2.45, 2.75) is 26.0 Å². The van der Waals surface area contributed by atoms with E-state index in [1.807, 2.05) is 13.8 Å². The SMILES string of the molecule is CC(C)[C@@H](O)[C@@H](N)c1ccc(F)c(F)c1.Cl. The van der Waals surface area contributed by atoms with Gasteiger partial charge in [-0.2, -0.15) is 0 Å². The fourth-order valence-electron chi connectivity index (χ4n) is 1.33. The smallest absolute Gasteiger partial charge is 0.159 e. The maximum atomic E-state index is 12.9. The second-order valence-corrected chi connectivity index (χ2v) is 3.93. The molecule has 0 aliphatic rings. The van der Waals surface area contributed by atoms with Crippen LogP contribution in [0.25, 0.3) is 0 Å². The highest BCUT2D eigenvalue weighted by atomic mass is 35.5. The molecule has 0 saturated carbocycles. The van der Waals surface area contributed by atoms with Crippen LogP contribution < -0.4 is 5.73 Å². The molecule has 0 radical (unpaired) electrons. The van der Waals surface area contributed by atoms with Crippen LogP contribution in [-0.4, -0.2) is 11.2 Å². The molecule has 0 unspecified atom stereocenters. The summed E-state index contributed by atoms with van der Waals surface area (Å²) in [7, 11) is 0. The Morgan fingerprint density at radius 3 is 2.19 bits per heavy atom. The van der Waals surface area contributed by atoms with Crippen molar-refractivity contribution in [2.75, 3.05) is 0 Å². The highest BCUT2D eigenvalue weighted by Gasteiger charge is 2.20. The van der Waals surface area contributed by atoms with Crippen molar-refractivity contribution in [3.05, 3.63) is 35.4 Å². The maximum absolute atomic E-state index is 12.9. The van der Waals surface area contributed by atoms with Crippen LogP contribution in [-0.2, 0) is 0 Å². The molecule has 92 valence electrons. The van der Waals surface area contributed by atoms with Gasteiger partial charge in [-0.15, -0.1) is 12.4 Å². The first-order chi connectivity index (χ1) is 6.93. The Bertz CT molecular complexity index is 347. The van der Waals surface area contributed by atoms with Gasteiger partial charge in [-0.25, -0.2) is 8.78 Å². The molecule has 0 heterocycles. The Balaban J connectivity index is 0.00000225. The van der Waals surface area contributed by atoms with Gasteiger partial charge in [0.05, 0.1) is 12.1 Å². The maximum Gasteiger partial charge on any atom is 0.159 e. The van der Waals surface area contributed by atoms with E-state index < -0.39 is 23.8 Å². The van der Waals surface area contributed by atoms with Gasteiger partial charge in [0.25, 0.3) is 0 Å². The molecule has 5 heteroatoms. The molecule has 1 aromatic rings. The predicted molar refractivity (Wildman–Crippen MR) is 61.4 cm³/mol. The third-order valence-electron chi connectivity index (χ3n) is 2.38. The zero-order valence-corrected chi connectivity index (χ0v) is 9.97.